The van der Waals surface area contributed by atoms with Crippen LogP contribution in [0, 0.1) is 5.82 Å². The van der Waals surface area contributed by atoms with E-state index in [1.165, 1.54) is 6.07 Å². The van der Waals surface area contributed by atoms with E-state index < -0.39 is 0 Å². The van der Waals surface area contributed by atoms with Gasteiger partial charge in [-0.15, -0.1) is 0 Å². The number of amides is 1. The highest BCUT2D eigenvalue weighted by Gasteiger charge is 2.31. The fourth-order valence-electron chi connectivity index (χ4n) is 2.54. The molecule has 2 atom stereocenters. The summed E-state index contributed by atoms with van der Waals surface area (Å²) in [5.41, 5.74) is 6.58. The average molecular weight is 265 g/mol. The fourth-order valence-corrected chi connectivity index (χ4v) is 2.54. The molecule has 2 N–H and O–H groups in total. The van der Waals surface area contributed by atoms with Crippen LogP contribution >= 0.6 is 0 Å². The topological polar surface area (TPSA) is 49.6 Å². The zero-order chi connectivity index (χ0) is 14.0. The molecule has 5 heteroatoms. The molecule has 1 fully saturated rings. The Morgan fingerprint density at radius 1 is 1.32 bits per heavy atom. The molecule has 0 spiro atoms. The van der Waals surface area contributed by atoms with Crippen molar-refractivity contribution < 1.29 is 9.18 Å². The van der Waals surface area contributed by atoms with Gasteiger partial charge in [0, 0.05) is 31.7 Å². The van der Waals surface area contributed by atoms with Crippen molar-refractivity contribution in [3.63, 3.8) is 0 Å². The number of likely N-dealkylation sites (N-methyl/N-ethyl adjacent to an activating group) is 1. The molecule has 104 valence electrons. The van der Waals surface area contributed by atoms with Crippen molar-refractivity contribution in [2.45, 2.75) is 19.0 Å². The Morgan fingerprint density at radius 2 is 2.00 bits per heavy atom. The normalized spacial score (nSPS) is 20.4. The molecular formula is C14H20FN3O. The highest BCUT2D eigenvalue weighted by atomic mass is 19.1. The minimum Gasteiger partial charge on any atom is -0.343 e. The van der Waals surface area contributed by atoms with Crippen molar-refractivity contribution in [3.8, 4) is 0 Å². The maximum Gasteiger partial charge on any atom is 0.236 e. The lowest BCUT2D eigenvalue weighted by atomic mass is 9.98. The summed E-state index contributed by atoms with van der Waals surface area (Å²) in [5, 5.41) is 0. The molecule has 0 aromatic heterocycles. The number of carbonyl (C=O) groups excluding carboxylic acids is 1. The Kier molecular flexibility index (Phi) is 4.17. The Morgan fingerprint density at radius 3 is 2.58 bits per heavy atom. The summed E-state index contributed by atoms with van der Waals surface area (Å²) >= 11 is 0. The molecular weight excluding hydrogens is 245 g/mol. The highest BCUT2D eigenvalue weighted by molar-refractivity contribution is 5.78. The summed E-state index contributed by atoms with van der Waals surface area (Å²) in [5.74, 6) is -0.218. The number of hydrogen-bond donors (Lipinski definition) is 1. The van der Waals surface area contributed by atoms with Gasteiger partial charge in [-0.2, -0.15) is 0 Å². The van der Waals surface area contributed by atoms with Gasteiger partial charge in [-0.3, -0.25) is 9.69 Å². The molecule has 1 aromatic carbocycles. The van der Waals surface area contributed by atoms with Gasteiger partial charge in [-0.1, -0.05) is 18.2 Å². The zero-order valence-electron chi connectivity index (χ0n) is 11.3. The van der Waals surface area contributed by atoms with Crippen molar-refractivity contribution >= 4 is 5.91 Å². The summed E-state index contributed by atoms with van der Waals surface area (Å²) in [6, 6.07) is 6.12. The second-order valence-electron chi connectivity index (χ2n) is 5.11. The van der Waals surface area contributed by atoms with Crippen LogP contribution in [0.25, 0.3) is 0 Å². The van der Waals surface area contributed by atoms with E-state index in [0.717, 1.165) is 0 Å². The van der Waals surface area contributed by atoms with Gasteiger partial charge in [0.1, 0.15) is 5.82 Å². The van der Waals surface area contributed by atoms with E-state index in [0.29, 0.717) is 18.7 Å². The SMILES string of the molecule is CC(N)C(c1ccccc1F)N1CCN(C)C(=O)C1. The summed E-state index contributed by atoms with van der Waals surface area (Å²) in [7, 11) is 1.78. The number of nitrogens with zero attached hydrogens (tertiary/aromatic N) is 2. The number of piperazine rings is 1. The van der Waals surface area contributed by atoms with Gasteiger partial charge in [0.15, 0.2) is 0 Å². The molecule has 2 rings (SSSR count). The zero-order valence-corrected chi connectivity index (χ0v) is 11.3. The standard InChI is InChI=1S/C14H20FN3O/c1-10(16)14(11-5-3-4-6-12(11)15)18-8-7-17(2)13(19)9-18/h3-6,10,14H,7-9,16H2,1-2H3. The molecule has 0 radical (unpaired) electrons. The Bertz CT molecular complexity index is 464. The smallest absolute Gasteiger partial charge is 0.236 e. The maximum absolute atomic E-state index is 14.0. The summed E-state index contributed by atoms with van der Waals surface area (Å²) in [6.07, 6.45) is 0. The average Bonchev–Trinajstić information content (AvgIpc) is 2.36. The van der Waals surface area contributed by atoms with E-state index in [1.807, 2.05) is 11.8 Å². The predicted octanol–water partition coefficient (Wildman–Crippen LogP) is 0.988. The number of benzene rings is 1. The van der Waals surface area contributed by atoms with E-state index in [4.69, 9.17) is 5.73 Å². The number of nitrogens with two attached hydrogens (primary N) is 1. The summed E-state index contributed by atoms with van der Waals surface area (Å²) in [4.78, 5) is 15.5. The van der Waals surface area contributed by atoms with E-state index in [9.17, 15) is 9.18 Å². The quantitative estimate of drug-likeness (QED) is 0.886. The third-order valence-corrected chi connectivity index (χ3v) is 3.60. The minimum atomic E-state index is -0.267. The lowest BCUT2D eigenvalue weighted by molar-refractivity contribution is -0.135. The van der Waals surface area contributed by atoms with Crippen molar-refractivity contribution in [2.24, 2.45) is 5.73 Å². The lowest BCUT2D eigenvalue weighted by Crippen LogP contribution is -2.52. The second kappa shape index (κ2) is 5.67. The van der Waals surface area contributed by atoms with Crippen molar-refractivity contribution in [3.05, 3.63) is 35.6 Å². The minimum absolute atomic E-state index is 0.0493. The molecule has 1 aliphatic heterocycles. The first-order valence-electron chi connectivity index (χ1n) is 6.48. The van der Waals surface area contributed by atoms with Crippen LogP contribution < -0.4 is 5.73 Å². The van der Waals surface area contributed by atoms with E-state index in [2.05, 4.69) is 0 Å². The number of hydrogen-bond acceptors (Lipinski definition) is 3. The Labute approximate surface area is 113 Å². The van der Waals surface area contributed by atoms with Crippen molar-refractivity contribution in [1.29, 1.82) is 0 Å². The van der Waals surface area contributed by atoms with Crippen molar-refractivity contribution in [1.82, 2.24) is 9.80 Å². The largest absolute Gasteiger partial charge is 0.343 e. The first kappa shape index (κ1) is 14.0. The Hall–Kier alpha value is -1.46. The van der Waals surface area contributed by atoms with Gasteiger partial charge in [-0.25, -0.2) is 4.39 Å². The van der Waals surface area contributed by atoms with Gasteiger partial charge >= 0.3 is 0 Å². The number of rotatable bonds is 3. The molecule has 1 amide bonds. The van der Waals surface area contributed by atoms with Crippen LogP contribution in [0.3, 0.4) is 0 Å². The molecule has 1 heterocycles. The van der Waals surface area contributed by atoms with Crippen LogP contribution in [0.15, 0.2) is 24.3 Å². The molecule has 1 aromatic rings. The molecule has 0 aliphatic carbocycles. The highest BCUT2D eigenvalue weighted by Crippen LogP contribution is 2.26. The molecule has 0 bridgehead atoms. The number of carbonyl (C=O) groups is 1. The van der Waals surface area contributed by atoms with Crippen molar-refractivity contribution in [2.75, 3.05) is 26.7 Å². The van der Waals surface area contributed by atoms with Gasteiger partial charge in [-0.05, 0) is 13.0 Å². The first-order chi connectivity index (χ1) is 9.00. The van der Waals surface area contributed by atoms with Gasteiger partial charge in [0.2, 0.25) is 5.91 Å². The summed E-state index contributed by atoms with van der Waals surface area (Å²) in [6.45, 7) is 3.50. The van der Waals surface area contributed by atoms with Crippen LogP contribution in [0.2, 0.25) is 0 Å². The lowest BCUT2D eigenvalue weighted by Gasteiger charge is -2.39. The summed E-state index contributed by atoms with van der Waals surface area (Å²) < 4.78 is 14.0. The molecule has 2 unspecified atom stereocenters. The monoisotopic (exact) mass is 265 g/mol. The first-order valence-corrected chi connectivity index (χ1v) is 6.48. The molecule has 1 saturated heterocycles. The van der Waals surface area contributed by atoms with E-state index >= 15 is 0 Å². The third kappa shape index (κ3) is 2.93. The maximum atomic E-state index is 14.0. The third-order valence-electron chi connectivity index (χ3n) is 3.60. The fraction of sp³-hybridized carbons (Fsp3) is 0.500. The van der Waals surface area contributed by atoms with Gasteiger partial charge < -0.3 is 10.6 Å². The van der Waals surface area contributed by atoms with Crippen LogP contribution in [0.4, 0.5) is 4.39 Å². The predicted molar refractivity (Wildman–Crippen MR) is 72.0 cm³/mol. The Balaban J connectivity index is 2.27. The van der Waals surface area contributed by atoms with Crippen LogP contribution in [-0.2, 0) is 4.79 Å². The van der Waals surface area contributed by atoms with Crippen LogP contribution in [0.5, 0.6) is 0 Å². The van der Waals surface area contributed by atoms with E-state index in [1.54, 1.807) is 30.1 Å². The van der Waals surface area contributed by atoms with E-state index in [-0.39, 0.29) is 30.4 Å². The van der Waals surface area contributed by atoms with Crippen LogP contribution in [-0.4, -0.2) is 48.4 Å². The molecule has 0 saturated carbocycles. The van der Waals surface area contributed by atoms with Gasteiger partial charge in [0.05, 0.1) is 12.6 Å². The number of halogens is 1. The molecule has 4 nitrogen and oxygen atoms in total. The van der Waals surface area contributed by atoms with Crippen LogP contribution in [0.1, 0.15) is 18.5 Å². The molecule has 19 heavy (non-hydrogen) atoms. The van der Waals surface area contributed by atoms with Gasteiger partial charge in [0.25, 0.3) is 0 Å². The molecule has 1 aliphatic rings. The second-order valence-corrected chi connectivity index (χ2v) is 5.11.